The van der Waals surface area contributed by atoms with Crippen molar-refractivity contribution >= 4 is 11.9 Å². The van der Waals surface area contributed by atoms with Crippen LogP contribution in [0.3, 0.4) is 0 Å². The number of nitrogens with one attached hydrogen (secondary N) is 1. The van der Waals surface area contributed by atoms with E-state index in [0.717, 1.165) is 5.56 Å². The highest BCUT2D eigenvalue weighted by Crippen LogP contribution is 2.38. The Labute approximate surface area is 110 Å². The van der Waals surface area contributed by atoms with E-state index in [1.54, 1.807) is 12.1 Å². The summed E-state index contributed by atoms with van der Waals surface area (Å²) in [6.07, 6.45) is 1.01. The Kier molecular flexibility index (Phi) is 3.83. The summed E-state index contributed by atoms with van der Waals surface area (Å²) in [5.41, 5.74) is 0.930. The van der Waals surface area contributed by atoms with Gasteiger partial charge in [-0.2, -0.15) is 0 Å². The van der Waals surface area contributed by atoms with Gasteiger partial charge in [-0.3, -0.25) is 9.59 Å². The van der Waals surface area contributed by atoms with Gasteiger partial charge in [0.25, 0.3) is 0 Å². The molecule has 102 valence electrons. The Hall–Kier alpha value is -1.91. The minimum absolute atomic E-state index is 0.104. The molecule has 2 rings (SSSR count). The van der Waals surface area contributed by atoms with E-state index in [2.05, 4.69) is 5.32 Å². The van der Waals surface area contributed by atoms with E-state index in [-0.39, 0.29) is 17.8 Å². The topological polar surface area (TPSA) is 66.4 Å². The number of carboxylic acid groups (broad SMARTS) is 1. The monoisotopic (exact) mass is 265 g/mol. The van der Waals surface area contributed by atoms with Crippen LogP contribution in [-0.4, -0.2) is 23.0 Å². The molecule has 1 aromatic carbocycles. The van der Waals surface area contributed by atoms with E-state index in [4.69, 9.17) is 5.11 Å². The number of carbonyl (C=O) groups excluding carboxylic acids is 1. The summed E-state index contributed by atoms with van der Waals surface area (Å²) in [5, 5.41) is 11.5. The average Bonchev–Trinajstić information content (AvgIpc) is 3.12. The number of hydrogen-bond donors (Lipinski definition) is 2. The van der Waals surface area contributed by atoms with E-state index < -0.39 is 17.8 Å². The quantitative estimate of drug-likeness (QED) is 0.849. The predicted octanol–water partition coefficient (Wildman–Crippen LogP) is 1.59. The zero-order valence-corrected chi connectivity index (χ0v) is 10.6. The number of carbonyl (C=O) groups is 2. The molecular weight excluding hydrogens is 249 g/mol. The molecule has 0 radical (unpaired) electrons. The van der Waals surface area contributed by atoms with Crippen molar-refractivity contribution in [2.45, 2.75) is 25.8 Å². The van der Waals surface area contributed by atoms with Crippen LogP contribution in [0.1, 0.15) is 18.9 Å². The summed E-state index contributed by atoms with van der Waals surface area (Å²) in [6, 6.07) is 6.01. The van der Waals surface area contributed by atoms with Crippen LogP contribution in [0.15, 0.2) is 24.3 Å². The highest BCUT2D eigenvalue weighted by atomic mass is 19.1. The fourth-order valence-electron chi connectivity index (χ4n) is 2.13. The van der Waals surface area contributed by atoms with Crippen LogP contribution >= 0.6 is 0 Å². The van der Waals surface area contributed by atoms with Crippen LogP contribution in [0, 0.1) is 17.7 Å². The Balaban J connectivity index is 1.81. The van der Waals surface area contributed by atoms with E-state index in [1.807, 2.05) is 6.92 Å². The van der Waals surface area contributed by atoms with E-state index in [0.29, 0.717) is 12.8 Å². The Morgan fingerprint density at radius 2 is 2.00 bits per heavy atom. The molecule has 1 aliphatic rings. The van der Waals surface area contributed by atoms with Gasteiger partial charge >= 0.3 is 5.97 Å². The van der Waals surface area contributed by atoms with Crippen LogP contribution in [0.25, 0.3) is 0 Å². The second kappa shape index (κ2) is 5.38. The van der Waals surface area contributed by atoms with Gasteiger partial charge in [0.2, 0.25) is 5.91 Å². The lowest BCUT2D eigenvalue weighted by Crippen LogP contribution is -2.35. The van der Waals surface area contributed by atoms with Crippen LogP contribution < -0.4 is 5.32 Å². The third-order valence-corrected chi connectivity index (χ3v) is 3.29. The summed E-state index contributed by atoms with van der Waals surface area (Å²) < 4.78 is 12.7. The van der Waals surface area contributed by atoms with Crippen molar-refractivity contribution in [2.24, 2.45) is 11.8 Å². The summed E-state index contributed by atoms with van der Waals surface area (Å²) in [5.74, 6) is -2.33. The third kappa shape index (κ3) is 3.53. The lowest BCUT2D eigenvalue weighted by Gasteiger charge is -2.13. The molecule has 1 aromatic rings. The molecular formula is C14H16FNO3. The van der Waals surface area contributed by atoms with Gasteiger partial charge in [-0.05, 0) is 37.5 Å². The maximum atomic E-state index is 12.7. The maximum Gasteiger partial charge on any atom is 0.307 e. The molecule has 0 spiro atoms. The Morgan fingerprint density at radius 3 is 2.53 bits per heavy atom. The van der Waals surface area contributed by atoms with Crippen molar-refractivity contribution in [2.75, 3.05) is 0 Å². The first-order valence-electron chi connectivity index (χ1n) is 6.25. The number of rotatable bonds is 5. The zero-order chi connectivity index (χ0) is 14.0. The fraction of sp³-hybridized carbons (Fsp3) is 0.429. The lowest BCUT2D eigenvalue weighted by molar-refractivity contribution is -0.140. The normalized spacial score (nSPS) is 22.6. The number of benzene rings is 1. The standard InChI is InChI=1S/C14H16FNO3/c1-8(6-9-2-4-10(15)5-3-9)16-13(17)11-7-12(11)14(18)19/h2-5,8,11-12H,6-7H2,1H3,(H,16,17)(H,18,19)/t8-,11+,12-/m1/s1. The molecule has 1 saturated carbocycles. The molecule has 0 aliphatic heterocycles. The molecule has 1 aliphatic carbocycles. The molecule has 19 heavy (non-hydrogen) atoms. The molecule has 0 bridgehead atoms. The molecule has 4 nitrogen and oxygen atoms in total. The maximum absolute atomic E-state index is 12.7. The number of amides is 1. The van der Waals surface area contributed by atoms with Crippen molar-refractivity contribution in [3.63, 3.8) is 0 Å². The first-order valence-corrected chi connectivity index (χ1v) is 6.25. The molecule has 1 fully saturated rings. The number of aliphatic carboxylic acids is 1. The first-order chi connectivity index (χ1) is 8.97. The molecule has 0 saturated heterocycles. The molecule has 5 heteroatoms. The minimum atomic E-state index is -0.911. The van der Waals surface area contributed by atoms with Gasteiger partial charge in [0, 0.05) is 6.04 Å². The van der Waals surface area contributed by atoms with E-state index in [9.17, 15) is 14.0 Å². The molecule has 2 N–H and O–H groups in total. The van der Waals surface area contributed by atoms with Crippen LogP contribution in [0.5, 0.6) is 0 Å². The van der Waals surface area contributed by atoms with Crippen molar-refractivity contribution < 1.29 is 19.1 Å². The van der Waals surface area contributed by atoms with Gasteiger partial charge in [0.15, 0.2) is 0 Å². The van der Waals surface area contributed by atoms with Crippen LogP contribution in [0.4, 0.5) is 4.39 Å². The number of halogens is 1. The van der Waals surface area contributed by atoms with E-state index in [1.165, 1.54) is 12.1 Å². The van der Waals surface area contributed by atoms with Crippen molar-refractivity contribution in [1.29, 1.82) is 0 Å². The van der Waals surface area contributed by atoms with Crippen molar-refractivity contribution in [3.05, 3.63) is 35.6 Å². The summed E-state index contributed by atoms with van der Waals surface area (Å²) in [7, 11) is 0. The highest BCUT2D eigenvalue weighted by Gasteiger charge is 2.48. The van der Waals surface area contributed by atoms with Gasteiger partial charge < -0.3 is 10.4 Å². The smallest absolute Gasteiger partial charge is 0.307 e. The first kappa shape index (κ1) is 13.5. The molecule has 0 aromatic heterocycles. The van der Waals surface area contributed by atoms with Crippen LogP contribution in [0.2, 0.25) is 0 Å². The van der Waals surface area contributed by atoms with Crippen molar-refractivity contribution in [1.82, 2.24) is 5.32 Å². The van der Waals surface area contributed by atoms with Gasteiger partial charge in [-0.25, -0.2) is 4.39 Å². The largest absolute Gasteiger partial charge is 0.481 e. The van der Waals surface area contributed by atoms with Crippen LogP contribution in [-0.2, 0) is 16.0 Å². The summed E-state index contributed by atoms with van der Waals surface area (Å²) >= 11 is 0. The Morgan fingerprint density at radius 1 is 1.37 bits per heavy atom. The highest BCUT2D eigenvalue weighted by molar-refractivity contribution is 5.89. The third-order valence-electron chi connectivity index (χ3n) is 3.29. The fourth-order valence-corrected chi connectivity index (χ4v) is 2.13. The molecule has 1 amide bonds. The van der Waals surface area contributed by atoms with Gasteiger partial charge in [-0.1, -0.05) is 12.1 Å². The summed E-state index contributed by atoms with van der Waals surface area (Å²) in [6.45, 7) is 1.85. The second-order valence-corrected chi connectivity index (χ2v) is 5.03. The molecule has 0 heterocycles. The zero-order valence-electron chi connectivity index (χ0n) is 10.6. The van der Waals surface area contributed by atoms with Gasteiger partial charge in [-0.15, -0.1) is 0 Å². The second-order valence-electron chi connectivity index (χ2n) is 5.03. The Bertz CT molecular complexity index is 486. The van der Waals surface area contributed by atoms with E-state index >= 15 is 0 Å². The van der Waals surface area contributed by atoms with Gasteiger partial charge in [0.1, 0.15) is 5.82 Å². The SMILES string of the molecule is C[C@H](Cc1ccc(F)cc1)NC(=O)[C@H]1C[C@H]1C(=O)O. The average molecular weight is 265 g/mol. The summed E-state index contributed by atoms with van der Waals surface area (Å²) in [4.78, 5) is 22.4. The molecule has 3 atom stereocenters. The van der Waals surface area contributed by atoms with Gasteiger partial charge in [0.05, 0.1) is 11.8 Å². The molecule has 0 unspecified atom stereocenters. The predicted molar refractivity (Wildman–Crippen MR) is 66.9 cm³/mol. The minimum Gasteiger partial charge on any atom is -0.481 e. The lowest BCUT2D eigenvalue weighted by atomic mass is 10.1. The number of carboxylic acids is 1. The number of hydrogen-bond acceptors (Lipinski definition) is 2. The van der Waals surface area contributed by atoms with Crippen molar-refractivity contribution in [3.8, 4) is 0 Å².